The van der Waals surface area contributed by atoms with Crippen molar-refractivity contribution >= 4 is 75.3 Å². The number of esters is 1. The summed E-state index contributed by atoms with van der Waals surface area (Å²) in [5.74, 6) is 0.377. The minimum atomic E-state index is -0.617. The molecule has 0 radical (unpaired) electrons. The number of imidazole rings is 2. The summed E-state index contributed by atoms with van der Waals surface area (Å²) in [6.07, 6.45) is 6.40. The Morgan fingerprint density at radius 3 is 1.34 bits per heavy atom. The maximum atomic E-state index is 12.3. The molecule has 3 N–H and O–H groups in total. The molecule has 0 saturated heterocycles. The van der Waals surface area contributed by atoms with Crippen molar-refractivity contribution in [3.63, 3.8) is 0 Å². The molecule has 0 aliphatic heterocycles. The number of amides is 2. The Morgan fingerprint density at radius 1 is 0.544 bits per heavy atom. The highest BCUT2D eigenvalue weighted by Gasteiger charge is 2.17. The monoisotopic (exact) mass is 960 g/mol. The normalized spacial score (nSPS) is 10.7. The summed E-state index contributed by atoms with van der Waals surface area (Å²) in [4.78, 5) is 62.1. The number of aromatic nitrogens is 8. The van der Waals surface area contributed by atoms with Gasteiger partial charge in [0.25, 0.3) is 0 Å². The van der Waals surface area contributed by atoms with Crippen LogP contribution in [0.2, 0.25) is 0 Å². The van der Waals surface area contributed by atoms with Crippen LogP contribution in [0.15, 0.2) is 135 Å². The smallest absolute Gasteiger partial charge is 0.413 e. The third-order valence-electron chi connectivity index (χ3n) is 10.3. The lowest BCUT2D eigenvalue weighted by atomic mass is 10.0. The molecule has 0 bridgehead atoms. The van der Waals surface area contributed by atoms with Crippen LogP contribution in [0.5, 0.6) is 0 Å². The van der Waals surface area contributed by atoms with Crippen LogP contribution in [-0.2, 0) is 58.5 Å². The Morgan fingerprint density at radius 2 is 0.926 bits per heavy atom. The fourth-order valence-electron chi connectivity index (χ4n) is 6.67. The molecule has 8 rings (SSSR count). The Balaban J connectivity index is 0.000000216. The van der Waals surface area contributed by atoms with Gasteiger partial charge in [-0.2, -0.15) is 0 Å². The van der Waals surface area contributed by atoms with Gasteiger partial charge in [-0.15, -0.1) is 23.2 Å². The maximum absolute atomic E-state index is 12.3. The molecule has 4 aromatic carbocycles. The average Bonchev–Trinajstić information content (AvgIpc) is 3.99. The summed E-state index contributed by atoms with van der Waals surface area (Å²) in [5.41, 5.74) is 7.78. The number of carbonyl (C=O) groups excluding carboxylic acids is 3. The predicted octanol–water partition coefficient (Wildman–Crippen LogP) is 9.64. The number of fused-ring (bicyclic) bond motifs is 2. The number of halogens is 2. The molecule has 8 aromatic rings. The molecule has 17 nitrogen and oxygen atoms in total. The molecule has 0 atom stereocenters. The van der Waals surface area contributed by atoms with Gasteiger partial charge in [-0.05, 0) is 46.2 Å². The summed E-state index contributed by atoms with van der Waals surface area (Å²) >= 11 is 9.53. The van der Waals surface area contributed by atoms with Crippen molar-refractivity contribution in [2.24, 2.45) is 5.92 Å². The Hall–Kier alpha value is -7.47. The van der Waals surface area contributed by atoms with Crippen LogP contribution in [0.4, 0.5) is 21.2 Å². The van der Waals surface area contributed by atoms with Gasteiger partial charge in [0.15, 0.2) is 34.0 Å². The number of rotatable bonds is 16. The van der Waals surface area contributed by atoms with E-state index < -0.39 is 12.2 Å². The zero-order chi connectivity index (χ0) is 48.1. The van der Waals surface area contributed by atoms with Crippen molar-refractivity contribution in [3.8, 4) is 0 Å². The topological polar surface area (TPSA) is 210 Å². The van der Waals surface area contributed by atoms with Crippen LogP contribution in [0.25, 0.3) is 22.3 Å². The molecular weight excluding hydrogens is 912 g/mol. The highest BCUT2D eigenvalue weighted by Crippen LogP contribution is 2.21. The van der Waals surface area contributed by atoms with Gasteiger partial charge >= 0.3 is 18.2 Å². The lowest BCUT2D eigenvalue weighted by molar-refractivity contribution is -0.150. The minimum Gasteiger partial charge on any atom is -0.461 e. The van der Waals surface area contributed by atoms with Crippen LogP contribution in [0.3, 0.4) is 0 Å². The Kier molecular flexibility index (Phi) is 19.1. The second-order valence-corrected chi connectivity index (χ2v) is 15.7. The zero-order valence-corrected chi connectivity index (χ0v) is 38.9. The first kappa shape index (κ1) is 50.0. The van der Waals surface area contributed by atoms with E-state index in [2.05, 4.69) is 40.5 Å². The largest absolute Gasteiger partial charge is 0.461 e. The van der Waals surface area contributed by atoms with Gasteiger partial charge < -0.3 is 28.5 Å². The molecule has 2 amide bonds. The molecule has 0 aliphatic carbocycles. The second-order valence-electron chi connectivity index (χ2n) is 14.9. The molecule has 352 valence electrons. The van der Waals surface area contributed by atoms with Gasteiger partial charge in [0, 0.05) is 0 Å². The van der Waals surface area contributed by atoms with Crippen molar-refractivity contribution in [2.45, 2.75) is 66.2 Å². The van der Waals surface area contributed by atoms with E-state index in [0.29, 0.717) is 41.2 Å². The molecular formula is C49H50Cl2N10O7. The third kappa shape index (κ3) is 14.5. The van der Waals surface area contributed by atoms with Gasteiger partial charge in [-0.1, -0.05) is 123 Å². The first-order chi connectivity index (χ1) is 33.2. The van der Waals surface area contributed by atoms with Crippen molar-refractivity contribution in [3.05, 3.63) is 168 Å². The summed E-state index contributed by atoms with van der Waals surface area (Å²) in [6.45, 7) is 5.65. The maximum Gasteiger partial charge on any atom is 0.413 e. The number of hydrogen-bond acceptors (Lipinski definition) is 13. The number of anilines is 2. The Bertz CT molecular complexity index is 2830. The molecule has 0 unspecified atom stereocenters. The number of carbonyl (C=O) groups is 3. The highest BCUT2D eigenvalue weighted by molar-refractivity contribution is 6.40. The second kappa shape index (κ2) is 26.0. The van der Waals surface area contributed by atoms with Crippen molar-refractivity contribution in [1.29, 1.82) is 0 Å². The number of aliphatic hydroxyl groups excluding tert-OH is 1. The third-order valence-corrected chi connectivity index (χ3v) is 10.3. The highest BCUT2D eigenvalue weighted by atomic mass is 35.5. The summed E-state index contributed by atoms with van der Waals surface area (Å²) < 4.78 is 19.7. The van der Waals surface area contributed by atoms with Crippen LogP contribution < -0.4 is 10.6 Å². The quantitative estimate of drug-likeness (QED) is 0.0468. The molecule has 4 heterocycles. The van der Waals surface area contributed by atoms with Gasteiger partial charge in [-0.3, -0.25) is 15.4 Å². The lowest BCUT2D eigenvalue weighted by Crippen LogP contribution is -2.16. The summed E-state index contributed by atoms with van der Waals surface area (Å²) in [6, 6.07) is 34.3. The summed E-state index contributed by atoms with van der Waals surface area (Å²) in [7, 11) is 0. The molecule has 0 spiro atoms. The molecule has 0 aliphatic rings. The number of alkyl halides is 2. The fraction of sp³-hybridized carbons (Fsp3) is 0.245. The van der Waals surface area contributed by atoms with Crippen molar-refractivity contribution < 1.29 is 33.7 Å². The first-order valence-corrected chi connectivity index (χ1v) is 22.6. The van der Waals surface area contributed by atoms with Gasteiger partial charge in [0.1, 0.15) is 32.5 Å². The van der Waals surface area contributed by atoms with E-state index in [1.807, 2.05) is 132 Å². The lowest BCUT2D eigenvalue weighted by Gasteiger charge is -2.12. The number of hydrogen-bond donors (Lipinski definition) is 3. The molecule has 4 aromatic heterocycles. The molecule has 19 heteroatoms. The van der Waals surface area contributed by atoms with E-state index in [-0.39, 0.29) is 49.5 Å². The average molecular weight is 962 g/mol. The molecule has 68 heavy (non-hydrogen) atoms. The van der Waals surface area contributed by atoms with E-state index in [1.54, 1.807) is 12.7 Å². The predicted molar refractivity (Wildman–Crippen MR) is 259 cm³/mol. The first-order valence-electron chi connectivity index (χ1n) is 21.5. The van der Waals surface area contributed by atoms with E-state index >= 15 is 0 Å². The van der Waals surface area contributed by atoms with Crippen LogP contribution in [0.1, 0.15) is 60.1 Å². The standard InChI is InChI=1S/C27H29N5O4.C21H19N5O3.CH2Cl2/c1-3-22(4-2)26(33)35-15-21-12-10-19(11-13-21)14-32-18-30-23-24(28-17-29-25(23)32)31-27(34)36-16-20-8-6-5-7-9-20;27-11-16-8-6-15(7-9-16)10-26-14-24-18-19(22-13-23-20(18)26)25-21(28)29-12-17-4-2-1-3-5-17;2-1-3/h5-13,17-18,22H,3-4,14-16H2,1-2H3,(H,28,29,31,34);1-9,13-14,27H,10-12H2,(H,22,23,25,28);1H2. The number of nitrogens with one attached hydrogen (secondary N) is 2. The van der Waals surface area contributed by atoms with Gasteiger partial charge in [0.05, 0.1) is 43.6 Å². The SMILES string of the molecule is CCC(CC)C(=O)OCc1ccc(Cn2cnc3c(NC(=O)OCc4ccccc4)ncnc32)cc1.ClCCl.O=C(Nc1ncnc2c1ncn2Cc1ccc(CO)cc1)OCc1ccccc1. The van der Waals surface area contributed by atoms with Gasteiger partial charge in [0.2, 0.25) is 0 Å². The van der Waals surface area contributed by atoms with Gasteiger partial charge in [-0.25, -0.2) is 39.5 Å². The van der Waals surface area contributed by atoms with E-state index in [0.717, 1.165) is 46.2 Å². The van der Waals surface area contributed by atoms with Crippen LogP contribution in [-0.4, -0.2) is 67.6 Å². The minimum absolute atomic E-state index is 0.0108. The number of aliphatic hydroxyl groups is 1. The Labute approximate surface area is 402 Å². The van der Waals surface area contributed by atoms with Crippen LogP contribution >= 0.6 is 23.2 Å². The van der Waals surface area contributed by atoms with E-state index in [9.17, 15) is 14.4 Å². The number of nitrogens with zero attached hydrogens (tertiary/aromatic N) is 8. The van der Waals surface area contributed by atoms with Crippen LogP contribution in [0, 0.1) is 5.92 Å². The fourth-order valence-corrected chi connectivity index (χ4v) is 6.67. The van der Waals surface area contributed by atoms with E-state index in [4.69, 9.17) is 42.5 Å². The molecule has 0 fully saturated rings. The summed E-state index contributed by atoms with van der Waals surface area (Å²) in [5, 5.41) is 14.6. The zero-order valence-electron chi connectivity index (χ0n) is 37.4. The number of ether oxygens (including phenoxy) is 3. The molecule has 0 saturated carbocycles. The van der Waals surface area contributed by atoms with Crippen molar-refractivity contribution in [1.82, 2.24) is 39.0 Å². The van der Waals surface area contributed by atoms with E-state index in [1.165, 1.54) is 12.7 Å². The van der Waals surface area contributed by atoms with Crippen molar-refractivity contribution in [2.75, 3.05) is 16.0 Å². The number of benzene rings is 4.